The number of hydrogen-bond donors (Lipinski definition) is 0. The molecule has 1 amide bonds. The number of benzene rings is 1. The van der Waals surface area contributed by atoms with E-state index in [9.17, 15) is 9.18 Å². The van der Waals surface area contributed by atoms with E-state index in [-0.39, 0.29) is 11.7 Å². The second kappa shape index (κ2) is 5.63. The van der Waals surface area contributed by atoms with Gasteiger partial charge in [-0.2, -0.15) is 0 Å². The van der Waals surface area contributed by atoms with Gasteiger partial charge in [-0.3, -0.25) is 9.69 Å². The third kappa shape index (κ3) is 2.62. The van der Waals surface area contributed by atoms with Crippen LogP contribution in [-0.4, -0.2) is 21.7 Å². The molecule has 0 atom stereocenters. The SMILES string of the molecule is CCCN1C(=O)/C(=C\c2ccccc2F)SC1=S. The number of thioether (sulfide) groups is 1. The Morgan fingerprint density at radius 2 is 2.17 bits per heavy atom. The lowest BCUT2D eigenvalue weighted by Gasteiger charge is -2.11. The lowest BCUT2D eigenvalue weighted by molar-refractivity contribution is -0.122. The summed E-state index contributed by atoms with van der Waals surface area (Å²) in [6, 6.07) is 6.37. The van der Waals surface area contributed by atoms with Gasteiger partial charge in [0.2, 0.25) is 0 Å². The normalized spacial score (nSPS) is 17.9. The zero-order valence-electron chi connectivity index (χ0n) is 9.85. The number of halogens is 1. The molecule has 2 nitrogen and oxygen atoms in total. The molecule has 0 unspecified atom stereocenters. The minimum absolute atomic E-state index is 0.130. The maximum absolute atomic E-state index is 13.5. The van der Waals surface area contributed by atoms with Gasteiger partial charge in [0.1, 0.15) is 10.1 Å². The molecule has 1 aromatic rings. The molecule has 94 valence electrons. The third-order valence-electron chi connectivity index (χ3n) is 2.51. The van der Waals surface area contributed by atoms with Gasteiger partial charge in [-0.15, -0.1) is 0 Å². The summed E-state index contributed by atoms with van der Waals surface area (Å²) in [5.74, 6) is -0.464. The van der Waals surface area contributed by atoms with Crippen molar-refractivity contribution in [1.82, 2.24) is 4.90 Å². The van der Waals surface area contributed by atoms with Crippen molar-refractivity contribution >= 4 is 40.3 Å². The number of rotatable bonds is 3. The zero-order valence-corrected chi connectivity index (χ0v) is 11.5. The first-order chi connectivity index (χ1) is 8.63. The summed E-state index contributed by atoms with van der Waals surface area (Å²) in [6.45, 7) is 2.60. The molecule has 1 aromatic carbocycles. The number of carbonyl (C=O) groups is 1. The van der Waals surface area contributed by atoms with Crippen LogP contribution in [-0.2, 0) is 4.79 Å². The lowest BCUT2D eigenvalue weighted by Crippen LogP contribution is -2.28. The van der Waals surface area contributed by atoms with E-state index in [4.69, 9.17) is 12.2 Å². The van der Waals surface area contributed by atoms with Gasteiger partial charge in [-0.05, 0) is 18.6 Å². The van der Waals surface area contributed by atoms with Crippen molar-refractivity contribution in [3.8, 4) is 0 Å². The molecule has 18 heavy (non-hydrogen) atoms. The quantitative estimate of drug-likeness (QED) is 0.625. The van der Waals surface area contributed by atoms with Gasteiger partial charge in [0.15, 0.2) is 0 Å². The van der Waals surface area contributed by atoms with Gasteiger partial charge in [-0.1, -0.05) is 49.1 Å². The van der Waals surface area contributed by atoms with Gasteiger partial charge in [0.05, 0.1) is 4.91 Å². The van der Waals surface area contributed by atoms with Crippen LogP contribution in [0.1, 0.15) is 18.9 Å². The van der Waals surface area contributed by atoms with E-state index in [2.05, 4.69) is 0 Å². The summed E-state index contributed by atoms with van der Waals surface area (Å²) in [4.78, 5) is 14.1. The summed E-state index contributed by atoms with van der Waals surface area (Å²) >= 11 is 6.37. The van der Waals surface area contributed by atoms with Gasteiger partial charge in [-0.25, -0.2) is 4.39 Å². The summed E-state index contributed by atoms with van der Waals surface area (Å²) in [7, 11) is 0. The van der Waals surface area contributed by atoms with Crippen molar-refractivity contribution in [1.29, 1.82) is 0 Å². The number of hydrogen-bond acceptors (Lipinski definition) is 3. The first-order valence-corrected chi connectivity index (χ1v) is 6.86. The number of carbonyl (C=O) groups excluding carboxylic acids is 1. The van der Waals surface area contributed by atoms with Crippen molar-refractivity contribution in [2.24, 2.45) is 0 Å². The van der Waals surface area contributed by atoms with Crippen molar-refractivity contribution in [3.05, 3.63) is 40.6 Å². The smallest absolute Gasteiger partial charge is 0.266 e. The summed E-state index contributed by atoms with van der Waals surface area (Å²) < 4.78 is 14.0. The molecule has 1 heterocycles. The van der Waals surface area contributed by atoms with Gasteiger partial charge >= 0.3 is 0 Å². The van der Waals surface area contributed by atoms with Gasteiger partial charge < -0.3 is 0 Å². The van der Waals surface area contributed by atoms with Crippen LogP contribution in [0.15, 0.2) is 29.2 Å². The Morgan fingerprint density at radius 3 is 2.83 bits per heavy atom. The molecule has 0 N–H and O–H groups in total. The number of thiocarbonyl (C=S) groups is 1. The largest absolute Gasteiger partial charge is 0.293 e. The Hall–Kier alpha value is -1.20. The fraction of sp³-hybridized carbons (Fsp3) is 0.231. The number of amides is 1. The van der Waals surface area contributed by atoms with E-state index >= 15 is 0 Å². The molecule has 1 fully saturated rings. The molecule has 0 radical (unpaired) electrons. The molecule has 1 aliphatic heterocycles. The fourth-order valence-electron chi connectivity index (χ4n) is 1.65. The van der Waals surface area contributed by atoms with E-state index < -0.39 is 0 Å². The topological polar surface area (TPSA) is 20.3 Å². The highest BCUT2D eigenvalue weighted by atomic mass is 32.2. The van der Waals surface area contributed by atoms with E-state index in [1.165, 1.54) is 17.8 Å². The van der Waals surface area contributed by atoms with Crippen LogP contribution in [0.25, 0.3) is 6.08 Å². The molecule has 0 bridgehead atoms. The van der Waals surface area contributed by atoms with Crippen LogP contribution in [0, 0.1) is 5.82 Å². The third-order valence-corrected chi connectivity index (χ3v) is 3.89. The van der Waals surface area contributed by atoms with Crippen LogP contribution in [0.2, 0.25) is 0 Å². The van der Waals surface area contributed by atoms with E-state index in [1.807, 2.05) is 6.92 Å². The Kier molecular flexibility index (Phi) is 4.14. The predicted octanol–water partition coefficient (Wildman–Crippen LogP) is 3.44. The van der Waals surface area contributed by atoms with Crippen LogP contribution in [0.3, 0.4) is 0 Å². The highest BCUT2D eigenvalue weighted by Gasteiger charge is 2.31. The second-order valence-electron chi connectivity index (χ2n) is 3.85. The minimum atomic E-state index is -0.335. The molecule has 1 aliphatic rings. The molecular weight excluding hydrogens is 269 g/mol. The van der Waals surface area contributed by atoms with Crippen LogP contribution in [0.5, 0.6) is 0 Å². The lowest BCUT2D eigenvalue weighted by atomic mass is 10.2. The van der Waals surface area contributed by atoms with E-state index in [0.717, 1.165) is 6.42 Å². The van der Waals surface area contributed by atoms with Crippen molar-refractivity contribution < 1.29 is 9.18 Å². The first kappa shape index (κ1) is 13.2. The molecule has 0 saturated carbocycles. The standard InChI is InChI=1S/C13H12FNOS2/c1-2-7-15-12(16)11(18-13(15)17)8-9-5-3-4-6-10(9)14/h3-6,8H,2,7H2,1H3/b11-8+. The van der Waals surface area contributed by atoms with Crippen LogP contribution < -0.4 is 0 Å². The Labute approximate surface area is 115 Å². The average molecular weight is 281 g/mol. The monoisotopic (exact) mass is 281 g/mol. The fourth-order valence-corrected chi connectivity index (χ4v) is 2.95. The molecule has 5 heteroatoms. The van der Waals surface area contributed by atoms with Crippen molar-refractivity contribution in [2.75, 3.05) is 6.54 Å². The summed E-state index contributed by atoms with van der Waals surface area (Å²) in [6.07, 6.45) is 2.41. The minimum Gasteiger partial charge on any atom is -0.293 e. The molecule has 0 aliphatic carbocycles. The Balaban J connectivity index is 2.28. The van der Waals surface area contributed by atoms with E-state index in [1.54, 1.807) is 29.2 Å². The predicted molar refractivity (Wildman–Crippen MR) is 76.6 cm³/mol. The highest BCUT2D eigenvalue weighted by molar-refractivity contribution is 8.26. The Bertz CT molecular complexity index is 527. The summed E-state index contributed by atoms with van der Waals surface area (Å²) in [5, 5.41) is 0. The molecular formula is C13H12FNOS2. The van der Waals surface area contributed by atoms with Crippen LogP contribution in [0.4, 0.5) is 4.39 Å². The second-order valence-corrected chi connectivity index (χ2v) is 5.53. The van der Waals surface area contributed by atoms with Crippen molar-refractivity contribution in [2.45, 2.75) is 13.3 Å². The molecule has 0 spiro atoms. The first-order valence-electron chi connectivity index (χ1n) is 5.63. The maximum Gasteiger partial charge on any atom is 0.266 e. The summed E-state index contributed by atoms with van der Waals surface area (Å²) in [5.41, 5.74) is 0.412. The number of nitrogens with zero attached hydrogens (tertiary/aromatic N) is 1. The van der Waals surface area contributed by atoms with Gasteiger partial charge in [0, 0.05) is 12.1 Å². The zero-order chi connectivity index (χ0) is 13.1. The van der Waals surface area contributed by atoms with Gasteiger partial charge in [0.25, 0.3) is 5.91 Å². The van der Waals surface area contributed by atoms with Crippen molar-refractivity contribution in [3.63, 3.8) is 0 Å². The molecule has 0 aromatic heterocycles. The Morgan fingerprint density at radius 1 is 1.44 bits per heavy atom. The van der Waals surface area contributed by atoms with E-state index in [0.29, 0.717) is 21.3 Å². The maximum atomic E-state index is 13.5. The highest BCUT2D eigenvalue weighted by Crippen LogP contribution is 2.32. The van der Waals surface area contributed by atoms with Crippen LogP contribution >= 0.6 is 24.0 Å². The average Bonchev–Trinajstić information content (AvgIpc) is 2.60. The molecule has 1 saturated heterocycles. The molecule has 2 rings (SSSR count).